The molecule has 3 heterocycles. The van der Waals surface area contributed by atoms with Crippen molar-refractivity contribution in [1.29, 1.82) is 0 Å². The first kappa shape index (κ1) is 26.6. The maximum absolute atomic E-state index is 14.0. The molecule has 5 atom stereocenters. The number of fused-ring (bicyclic) bond motifs is 1. The quantitative estimate of drug-likeness (QED) is 0.402. The second-order valence-corrected chi connectivity index (χ2v) is 12.5. The number of rotatable bonds is 10. The third kappa shape index (κ3) is 4.56. The SMILES string of the molecule is COc1ccc(NC(=O)C2N(CCCCO)C(=O)[C@@H]3[C@@H](C(=O)NCc4ccccc4)[C@@]4(C)CCC23S4)cc1. The average molecular weight is 538 g/mol. The van der Waals surface area contributed by atoms with E-state index < -0.39 is 27.4 Å². The van der Waals surface area contributed by atoms with Gasteiger partial charge in [0.1, 0.15) is 11.8 Å². The van der Waals surface area contributed by atoms with E-state index in [0.717, 1.165) is 12.0 Å². The zero-order chi connectivity index (χ0) is 26.9. The molecule has 0 aromatic heterocycles. The number of nitrogens with zero attached hydrogens (tertiary/aromatic N) is 1. The van der Waals surface area contributed by atoms with Gasteiger partial charge in [0, 0.05) is 30.1 Å². The molecule has 5 rings (SSSR count). The molecule has 2 aromatic carbocycles. The Bertz CT molecular complexity index is 1190. The maximum Gasteiger partial charge on any atom is 0.248 e. The number of thioether (sulfide) groups is 1. The summed E-state index contributed by atoms with van der Waals surface area (Å²) in [4.78, 5) is 43.2. The number of ether oxygens (including phenoxy) is 1. The summed E-state index contributed by atoms with van der Waals surface area (Å²) in [6.07, 6.45) is 2.59. The highest BCUT2D eigenvalue weighted by atomic mass is 32.2. The number of methoxy groups -OCH3 is 1. The number of aliphatic hydroxyl groups is 1. The van der Waals surface area contributed by atoms with E-state index in [2.05, 4.69) is 17.6 Å². The topological polar surface area (TPSA) is 108 Å². The molecule has 0 radical (unpaired) electrons. The summed E-state index contributed by atoms with van der Waals surface area (Å²) in [5, 5.41) is 15.4. The Labute approximate surface area is 227 Å². The van der Waals surface area contributed by atoms with Gasteiger partial charge in [-0.1, -0.05) is 30.3 Å². The predicted octanol–water partition coefficient (Wildman–Crippen LogP) is 3.20. The smallest absolute Gasteiger partial charge is 0.248 e. The first-order valence-electron chi connectivity index (χ1n) is 13.2. The average Bonchev–Trinajstić information content (AvgIpc) is 3.49. The van der Waals surface area contributed by atoms with E-state index in [9.17, 15) is 19.5 Å². The Morgan fingerprint density at radius 2 is 1.82 bits per heavy atom. The highest BCUT2D eigenvalue weighted by Crippen LogP contribution is 2.71. The molecule has 2 unspecified atom stereocenters. The number of likely N-dealkylation sites (tertiary alicyclic amines) is 1. The molecule has 2 bridgehead atoms. The fourth-order valence-corrected chi connectivity index (χ4v) is 8.90. The summed E-state index contributed by atoms with van der Waals surface area (Å²) in [5.41, 5.74) is 1.62. The van der Waals surface area contributed by atoms with E-state index in [4.69, 9.17) is 4.74 Å². The lowest BCUT2D eigenvalue weighted by molar-refractivity contribution is -0.140. The molecule has 38 heavy (non-hydrogen) atoms. The summed E-state index contributed by atoms with van der Waals surface area (Å²) in [6.45, 7) is 2.86. The Balaban J connectivity index is 1.43. The number of carbonyl (C=O) groups is 3. The van der Waals surface area contributed by atoms with Crippen LogP contribution in [0.15, 0.2) is 54.6 Å². The molecular formula is C29H35N3O5S. The molecular weight excluding hydrogens is 502 g/mol. The molecule has 2 aromatic rings. The summed E-state index contributed by atoms with van der Waals surface area (Å²) < 4.78 is 4.13. The van der Waals surface area contributed by atoms with Gasteiger partial charge in [-0.05, 0) is 62.4 Å². The number of carbonyl (C=O) groups excluding carboxylic acids is 3. The van der Waals surface area contributed by atoms with Gasteiger partial charge >= 0.3 is 0 Å². The van der Waals surface area contributed by atoms with Crippen LogP contribution in [0.3, 0.4) is 0 Å². The summed E-state index contributed by atoms with van der Waals surface area (Å²) in [7, 11) is 1.59. The van der Waals surface area contributed by atoms with Crippen LogP contribution in [0.5, 0.6) is 5.75 Å². The van der Waals surface area contributed by atoms with Crippen molar-refractivity contribution in [2.24, 2.45) is 11.8 Å². The van der Waals surface area contributed by atoms with Crippen molar-refractivity contribution in [3.8, 4) is 5.75 Å². The van der Waals surface area contributed by atoms with E-state index >= 15 is 0 Å². The van der Waals surface area contributed by atoms with Crippen LogP contribution in [0.2, 0.25) is 0 Å². The van der Waals surface area contributed by atoms with E-state index in [1.807, 2.05) is 30.3 Å². The van der Waals surface area contributed by atoms with Crippen molar-refractivity contribution in [3.05, 3.63) is 60.2 Å². The molecule has 0 saturated carbocycles. The number of benzene rings is 2. The minimum Gasteiger partial charge on any atom is -0.497 e. The highest BCUT2D eigenvalue weighted by Gasteiger charge is 2.76. The third-order valence-corrected chi connectivity index (χ3v) is 10.3. The fourth-order valence-electron chi connectivity index (χ4n) is 6.54. The monoisotopic (exact) mass is 537 g/mol. The maximum atomic E-state index is 14.0. The fraction of sp³-hybridized carbons (Fsp3) is 0.483. The van der Waals surface area contributed by atoms with Crippen molar-refractivity contribution in [1.82, 2.24) is 10.2 Å². The van der Waals surface area contributed by atoms with Crippen LogP contribution in [0.1, 0.15) is 38.2 Å². The Morgan fingerprint density at radius 3 is 2.50 bits per heavy atom. The van der Waals surface area contributed by atoms with Crippen molar-refractivity contribution in [2.75, 3.05) is 25.6 Å². The highest BCUT2D eigenvalue weighted by molar-refractivity contribution is 8.02. The second-order valence-electron chi connectivity index (χ2n) is 10.6. The van der Waals surface area contributed by atoms with E-state index in [-0.39, 0.29) is 24.3 Å². The number of aliphatic hydroxyl groups excluding tert-OH is 1. The summed E-state index contributed by atoms with van der Waals surface area (Å²) >= 11 is 1.66. The molecule has 3 fully saturated rings. The predicted molar refractivity (Wildman–Crippen MR) is 147 cm³/mol. The molecule has 9 heteroatoms. The number of unbranched alkanes of at least 4 members (excludes halogenated alkanes) is 1. The normalized spacial score (nSPS) is 29.3. The first-order valence-corrected chi connectivity index (χ1v) is 14.0. The van der Waals surface area contributed by atoms with Crippen LogP contribution < -0.4 is 15.4 Å². The Kier molecular flexibility index (Phi) is 7.42. The van der Waals surface area contributed by atoms with Gasteiger partial charge in [-0.3, -0.25) is 14.4 Å². The molecule has 1 spiro atoms. The van der Waals surface area contributed by atoms with Gasteiger partial charge in [-0.15, -0.1) is 11.8 Å². The van der Waals surface area contributed by atoms with Gasteiger partial charge in [0.05, 0.1) is 23.7 Å². The largest absolute Gasteiger partial charge is 0.497 e. The summed E-state index contributed by atoms with van der Waals surface area (Å²) in [5.74, 6) is -0.897. The summed E-state index contributed by atoms with van der Waals surface area (Å²) in [6, 6.07) is 16.1. The van der Waals surface area contributed by atoms with Crippen molar-refractivity contribution in [3.63, 3.8) is 0 Å². The van der Waals surface area contributed by atoms with Gasteiger partial charge in [-0.25, -0.2) is 0 Å². The molecule has 3 saturated heterocycles. The van der Waals surface area contributed by atoms with Crippen LogP contribution in [0, 0.1) is 11.8 Å². The zero-order valence-electron chi connectivity index (χ0n) is 21.8. The van der Waals surface area contributed by atoms with Crippen molar-refractivity contribution < 1.29 is 24.2 Å². The van der Waals surface area contributed by atoms with Gasteiger partial charge in [0.15, 0.2) is 0 Å². The standard InChI is InChI=1S/C29H35N3O5S/c1-28-14-15-29(38-28)23(22(28)25(34)30-18-19-8-4-3-5-9-19)27(36)32(16-6-7-17-33)24(29)26(35)31-20-10-12-21(37-2)13-11-20/h3-5,8-13,22-24,33H,6-7,14-18H2,1-2H3,(H,30,34)(H,31,35)/t22-,23-,24?,28+,29?/m0/s1. The van der Waals surface area contributed by atoms with Gasteiger partial charge in [0.25, 0.3) is 0 Å². The molecule has 3 aliphatic heterocycles. The number of nitrogens with one attached hydrogen (secondary N) is 2. The molecule has 3 aliphatic rings. The van der Waals surface area contributed by atoms with Gasteiger partial charge in [0.2, 0.25) is 17.7 Å². The van der Waals surface area contributed by atoms with Crippen LogP contribution >= 0.6 is 11.8 Å². The van der Waals surface area contributed by atoms with Crippen LogP contribution in [-0.2, 0) is 20.9 Å². The van der Waals surface area contributed by atoms with Crippen molar-refractivity contribution >= 4 is 35.2 Å². The number of hydrogen-bond acceptors (Lipinski definition) is 6. The molecule has 202 valence electrons. The lowest BCUT2D eigenvalue weighted by atomic mass is 9.66. The molecule has 8 nitrogen and oxygen atoms in total. The number of anilines is 1. The second kappa shape index (κ2) is 10.6. The minimum absolute atomic E-state index is 0.0245. The number of amides is 3. The lowest BCUT2D eigenvalue weighted by Crippen LogP contribution is -2.52. The molecule has 3 N–H and O–H groups in total. The van der Waals surface area contributed by atoms with E-state index in [1.54, 1.807) is 48.0 Å². The van der Waals surface area contributed by atoms with Crippen LogP contribution in [0.4, 0.5) is 5.69 Å². The first-order chi connectivity index (χ1) is 18.3. The minimum atomic E-state index is -0.695. The van der Waals surface area contributed by atoms with E-state index in [1.165, 1.54) is 0 Å². The van der Waals surface area contributed by atoms with Crippen molar-refractivity contribution in [2.45, 2.75) is 54.7 Å². The molecule has 0 aliphatic carbocycles. The lowest BCUT2D eigenvalue weighted by Gasteiger charge is -2.34. The Hall–Kier alpha value is -3.04. The Morgan fingerprint density at radius 1 is 1.08 bits per heavy atom. The van der Waals surface area contributed by atoms with Gasteiger partial charge in [-0.2, -0.15) is 0 Å². The molecule has 3 amide bonds. The van der Waals surface area contributed by atoms with Gasteiger partial charge < -0.3 is 25.4 Å². The van der Waals surface area contributed by atoms with E-state index in [0.29, 0.717) is 43.8 Å². The third-order valence-electron chi connectivity index (χ3n) is 8.28. The van der Waals surface area contributed by atoms with Crippen LogP contribution in [-0.4, -0.2) is 63.5 Å². The zero-order valence-corrected chi connectivity index (χ0v) is 22.6. The number of hydrogen-bond donors (Lipinski definition) is 3. The van der Waals surface area contributed by atoms with Crippen LogP contribution in [0.25, 0.3) is 0 Å².